The van der Waals surface area contributed by atoms with Crippen LogP contribution in [0.1, 0.15) is 10.7 Å². The fourth-order valence-electron chi connectivity index (χ4n) is 2.61. The molecule has 2 N–H and O–H groups in total. The summed E-state index contributed by atoms with van der Waals surface area (Å²) in [5, 5.41) is 2.62. The van der Waals surface area contributed by atoms with Crippen molar-refractivity contribution < 1.29 is 9.59 Å². The molecule has 3 heterocycles. The van der Waals surface area contributed by atoms with E-state index >= 15 is 0 Å². The van der Waals surface area contributed by atoms with Crippen LogP contribution >= 0.6 is 11.3 Å². The quantitative estimate of drug-likeness (QED) is 0.695. The second-order valence-electron chi connectivity index (χ2n) is 5.97. The Balaban J connectivity index is 1.36. The zero-order valence-corrected chi connectivity index (χ0v) is 15.3. The van der Waals surface area contributed by atoms with Gasteiger partial charge >= 0.3 is 0 Å². The lowest BCUT2D eigenvalue weighted by molar-refractivity contribution is -0.129. The van der Waals surface area contributed by atoms with Gasteiger partial charge in [-0.3, -0.25) is 25.3 Å². The lowest BCUT2D eigenvalue weighted by Crippen LogP contribution is -2.52. The van der Waals surface area contributed by atoms with Crippen LogP contribution in [0.15, 0.2) is 23.8 Å². The molecule has 0 spiro atoms. The summed E-state index contributed by atoms with van der Waals surface area (Å²) >= 11 is 1.43. The molecule has 2 aromatic heterocycles. The van der Waals surface area contributed by atoms with Gasteiger partial charge in [-0.15, -0.1) is 11.3 Å². The SMILES string of the molecule is Cc1csc(CC(=O)NNC(=O)CN2CCN(c3ncccn3)CC2)n1. The highest BCUT2D eigenvalue weighted by molar-refractivity contribution is 7.09. The Morgan fingerprint density at radius 3 is 2.46 bits per heavy atom. The van der Waals surface area contributed by atoms with Crippen molar-refractivity contribution >= 4 is 29.1 Å². The number of hydrogen-bond acceptors (Lipinski definition) is 8. The first-order valence-corrected chi connectivity index (χ1v) is 9.21. The van der Waals surface area contributed by atoms with Crippen LogP contribution in [0.5, 0.6) is 0 Å². The fourth-order valence-corrected chi connectivity index (χ4v) is 3.38. The van der Waals surface area contributed by atoms with E-state index in [2.05, 4.69) is 30.7 Å². The third kappa shape index (κ3) is 5.20. The number of hydrazine groups is 1. The number of thiazole rings is 1. The lowest BCUT2D eigenvalue weighted by atomic mass is 10.3. The first-order chi connectivity index (χ1) is 12.6. The fraction of sp³-hybridized carbons (Fsp3) is 0.438. The Labute approximate surface area is 155 Å². The molecule has 1 aliphatic heterocycles. The summed E-state index contributed by atoms with van der Waals surface area (Å²) in [5.41, 5.74) is 5.78. The molecule has 0 saturated carbocycles. The van der Waals surface area contributed by atoms with E-state index in [1.807, 2.05) is 17.2 Å². The maximum absolute atomic E-state index is 12.0. The van der Waals surface area contributed by atoms with E-state index < -0.39 is 0 Å². The number of rotatable bonds is 5. The highest BCUT2D eigenvalue weighted by atomic mass is 32.1. The van der Waals surface area contributed by atoms with Crippen LogP contribution in [0.4, 0.5) is 5.95 Å². The molecular weight excluding hydrogens is 354 g/mol. The van der Waals surface area contributed by atoms with Gasteiger partial charge in [0.2, 0.25) is 11.9 Å². The van der Waals surface area contributed by atoms with Crippen molar-refractivity contribution in [2.45, 2.75) is 13.3 Å². The van der Waals surface area contributed by atoms with Crippen molar-refractivity contribution in [1.29, 1.82) is 0 Å². The second kappa shape index (κ2) is 8.68. The molecule has 2 amide bonds. The Morgan fingerprint density at radius 1 is 1.12 bits per heavy atom. The van der Waals surface area contributed by atoms with Gasteiger partial charge in [-0.1, -0.05) is 0 Å². The van der Waals surface area contributed by atoms with Gasteiger partial charge in [-0.25, -0.2) is 15.0 Å². The number of carbonyl (C=O) groups excluding carboxylic acids is 2. The first-order valence-electron chi connectivity index (χ1n) is 8.33. The minimum Gasteiger partial charge on any atom is -0.338 e. The number of aryl methyl sites for hydroxylation is 1. The number of nitrogens with one attached hydrogen (secondary N) is 2. The minimum absolute atomic E-state index is 0.161. The van der Waals surface area contributed by atoms with Crippen molar-refractivity contribution in [2.24, 2.45) is 0 Å². The number of aromatic nitrogens is 3. The summed E-state index contributed by atoms with van der Waals surface area (Å²) in [6.45, 7) is 5.10. The maximum Gasteiger partial charge on any atom is 0.252 e. The largest absolute Gasteiger partial charge is 0.338 e. The predicted molar refractivity (Wildman–Crippen MR) is 97.5 cm³/mol. The second-order valence-corrected chi connectivity index (χ2v) is 6.91. The molecule has 26 heavy (non-hydrogen) atoms. The van der Waals surface area contributed by atoms with Gasteiger partial charge < -0.3 is 4.90 Å². The normalized spacial score (nSPS) is 14.9. The summed E-state index contributed by atoms with van der Waals surface area (Å²) in [5.74, 6) is 0.193. The van der Waals surface area contributed by atoms with Gasteiger partial charge in [0, 0.05) is 49.6 Å². The Kier molecular flexibility index (Phi) is 6.08. The molecule has 0 aromatic carbocycles. The third-order valence-electron chi connectivity index (χ3n) is 3.89. The number of hydrogen-bond donors (Lipinski definition) is 2. The molecule has 1 fully saturated rings. The van der Waals surface area contributed by atoms with Gasteiger partial charge in [0.05, 0.1) is 13.0 Å². The molecule has 10 heteroatoms. The predicted octanol–water partition coefficient (Wildman–Crippen LogP) is -0.246. The standard InChI is InChI=1S/C16H21N7O2S/c1-12-11-26-15(19-12)9-13(24)20-21-14(25)10-22-5-7-23(8-6-22)16-17-3-2-4-18-16/h2-4,11H,5-10H2,1H3,(H,20,24)(H,21,25). The van der Waals surface area contributed by atoms with Gasteiger partial charge in [-0.05, 0) is 13.0 Å². The molecule has 0 radical (unpaired) electrons. The van der Waals surface area contributed by atoms with Crippen molar-refractivity contribution in [3.63, 3.8) is 0 Å². The van der Waals surface area contributed by atoms with Crippen molar-refractivity contribution in [3.05, 3.63) is 34.5 Å². The summed E-state index contributed by atoms with van der Waals surface area (Å²) in [7, 11) is 0. The Morgan fingerprint density at radius 2 is 1.81 bits per heavy atom. The monoisotopic (exact) mass is 375 g/mol. The van der Waals surface area contributed by atoms with Crippen LogP contribution in [0.2, 0.25) is 0 Å². The van der Waals surface area contributed by atoms with E-state index in [0.29, 0.717) is 5.95 Å². The van der Waals surface area contributed by atoms with E-state index in [1.54, 1.807) is 18.5 Å². The zero-order chi connectivity index (χ0) is 18.4. The molecule has 0 aliphatic carbocycles. The average Bonchev–Trinajstić information content (AvgIpc) is 3.06. The Hall–Kier alpha value is -2.59. The molecule has 9 nitrogen and oxygen atoms in total. The highest BCUT2D eigenvalue weighted by Gasteiger charge is 2.20. The van der Waals surface area contributed by atoms with Crippen molar-refractivity contribution in [2.75, 3.05) is 37.6 Å². The Bertz CT molecular complexity index is 744. The van der Waals surface area contributed by atoms with Crippen LogP contribution in [-0.2, 0) is 16.0 Å². The highest BCUT2D eigenvalue weighted by Crippen LogP contribution is 2.10. The van der Waals surface area contributed by atoms with Gasteiger partial charge in [0.15, 0.2) is 0 Å². The number of amides is 2. The third-order valence-corrected chi connectivity index (χ3v) is 4.86. The molecule has 138 valence electrons. The summed E-state index contributed by atoms with van der Waals surface area (Å²) in [6.07, 6.45) is 3.60. The molecule has 3 rings (SSSR count). The van der Waals surface area contributed by atoms with Crippen LogP contribution in [0.25, 0.3) is 0 Å². The van der Waals surface area contributed by atoms with Gasteiger partial charge in [0.1, 0.15) is 5.01 Å². The van der Waals surface area contributed by atoms with E-state index in [1.165, 1.54) is 11.3 Å². The van der Waals surface area contributed by atoms with Crippen LogP contribution < -0.4 is 15.8 Å². The van der Waals surface area contributed by atoms with Gasteiger partial charge in [0.25, 0.3) is 5.91 Å². The summed E-state index contributed by atoms with van der Waals surface area (Å²) < 4.78 is 0. The van der Waals surface area contributed by atoms with Gasteiger partial charge in [-0.2, -0.15) is 0 Å². The number of anilines is 1. The van der Waals surface area contributed by atoms with E-state index in [4.69, 9.17) is 0 Å². The molecule has 2 aromatic rings. The minimum atomic E-state index is -0.279. The van der Waals surface area contributed by atoms with E-state index in [9.17, 15) is 9.59 Å². The van der Waals surface area contributed by atoms with Crippen LogP contribution in [0.3, 0.4) is 0 Å². The number of piperazine rings is 1. The molecule has 1 saturated heterocycles. The molecule has 0 unspecified atom stereocenters. The van der Waals surface area contributed by atoms with Crippen LogP contribution in [0, 0.1) is 6.92 Å². The number of nitrogens with zero attached hydrogens (tertiary/aromatic N) is 5. The summed E-state index contributed by atoms with van der Waals surface area (Å²) in [4.78, 5) is 40.7. The summed E-state index contributed by atoms with van der Waals surface area (Å²) in [6, 6.07) is 1.79. The molecule has 0 bridgehead atoms. The van der Waals surface area contributed by atoms with E-state index in [-0.39, 0.29) is 24.8 Å². The lowest BCUT2D eigenvalue weighted by Gasteiger charge is -2.34. The maximum atomic E-state index is 12.0. The topological polar surface area (TPSA) is 103 Å². The van der Waals surface area contributed by atoms with Crippen LogP contribution in [-0.4, -0.2) is 64.4 Å². The van der Waals surface area contributed by atoms with Crippen molar-refractivity contribution in [3.8, 4) is 0 Å². The average molecular weight is 375 g/mol. The molecule has 0 atom stereocenters. The zero-order valence-electron chi connectivity index (χ0n) is 14.5. The molecule has 1 aliphatic rings. The number of carbonyl (C=O) groups is 2. The van der Waals surface area contributed by atoms with E-state index in [0.717, 1.165) is 36.9 Å². The molecular formula is C16H21N7O2S. The smallest absolute Gasteiger partial charge is 0.252 e. The van der Waals surface area contributed by atoms with Crippen molar-refractivity contribution in [1.82, 2.24) is 30.7 Å². The first kappa shape index (κ1) is 18.2.